The van der Waals surface area contributed by atoms with Crippen LogP contribution in [0, 0.1) is 0 Å². The number of hydrogen-bond acceptors (Lipinski definition) is 3. The number of hydrogen-bond donors (Lipinski definition) is 3. The number of rotatable bonds is 4. The van der Waals surface area contributed by atoms with E-state index in [0.717, 1.165) is 5.56 Å². The van der Waals surface area contributed by atoms with Gasteiger partial charge in [0, 0.05) is 0 Å². The molecular formula is C14H13Cl3GeO3. The summed E-state index contributed by atoms with van der Waals surface area (Å²) in [7, 11) is 15.0. The molecule has 2 rings (SSSR count). The van der Waals surface area contributed by atoms with Crippen LogP contribution in [0.15, 0.2) is 42.5 Å². The maximum atomic E-state index is 9.61. The zero-order chi connectivity index (χ0) is 15.6. The van der Waals surface area contributed by atoms with Crippen LogP contribution < -0.4 is 0 Å². The molecule has 7 heteroatoms. The van der Waals surface area contributed by atoms with E-state index in [1.165, 1.54) is 18.2 Å². The molecule has 112 valence electrons. The first-order valence-corrected chi connectivity index (χ1v) is 15.6. The van der Waals surface area contributed by atoms with Gasteiger partial charge in [0.2, 0.25) is 0 Å². The van der Waals surface area contributed by atoms with Crippen molar-refractivity contribution in [3.63, 3.8) is 0 Å². The summed E-state index contributed by atoms with van der Waals surface area (Å²) in [5, 5.41) is 28.5. The molecule has 0 fully saturated rings. The second-order valence-electron chi connectivity index (χ2n) is 4.75. The van der Waals surface area contributed by atoms with Gasteiger partial charge in [-0.1, -0.05) is 0 Å². The predicted octanol–water partition coefficient (Wildman–Crippen LogP) is 4.32. The minimum absolute atomic E-state index is 0.0719. The number of halogens is 3. The van der Waals surface area contributed by atoms with E-state index < -0.39 is 10.5 Å². The monoisotopic (exact) mass is 408 g/mol. The molecule has 3 nitrogen and oxygen atoms in total. The molecule has 2 aromatic rings. The van der Waals surface area contributed by atoms with Crippen LogP contribution in [-0.4, -0.2) is 25.8 Å². The molecule has 0 heterocycles. The molecule has 0 aliphatic rings. The van der Waals surface area contributed by atoms with Crippen molar-refractivity contribution in [1.82, 2.24) is 0 Å². The molecule has 0 aromatic heterocycles. The van der Waals surface area contributed by atoms with Gasteiger partial charge in [-0.2, -0.15) is 0 Å². The van der Waals surface area contributed by atoms with E-state index >= 15 is 0 Å². The third-order valence-electron chi connectivity index (χ3n) is 3.10. The fourth-order valence-electron chi connectivity index (χ4n) is 2.11. The minimum atomic E-state index is -3.67. The van der Waals surface area contributed by atoms with Gasteiger partial charge >= 0.3 is 138 Å². The predicted molar refractivity (Wildman–Crippen MR) is 87.6 cm³/mol. The molecule has 0 aliphatic carbocycles. The maximum absolute atomic E-state index is 9.61. The van der Waals surface area contributed by atoms with E-state index in [4.69, 9.17) is 30.0 Å². The summed E-state index contributed by atoms with van der Waals surface area (Å²) < 4.78 is -0.377. The molecule has 1 unspecified atom stereocenters. The van der Waals surface area contributed by atoms with Crippen molar-refractivity contribution in [3.05, 3.63) is 53.6 Å². The van der Waals surface area contributed by atoms with Crippen LogP contribution in [0.2, 0.25) is 0 Å². The summed E-state index contributed by atoms with van der Waals surface area (Å²) in [4.78, 5) is 0. The van der Waals surface area contributed by atoms with Crippen molar-refractivity contribution in [2.45, 2.75) is 11.2 Å². The van der Waals surface area contributed by atoms with Crippen LogP contribution in [0.5, 0.6) is 17.2 Å². The zero-order valence-corrected chi connectivity index (χ0v) is 15.2. The van der Waals surface area contributed by atoms with E-state index in [1.54, 1.807) is 24.3 Å². The van der Waals surface area contributed by atoms with Crippen LogP contribution >= 0.6 is 30.0 Å². The Morgan fingerprint density at radius 2 is 1.33 bits per heavy atom. The van der Waals surface area contributed by atoms with E-state index in [0.29, 0.717) is 12.0 Å². The van der Waals surface area contributed by atoms with Crippen LogP contribution in [-0.2, 0) is 6.42 Å². The Balaban J connectivity index is 2.37. The first-order chi connectivity index (χ1) is 9.75. The molecule has 21 heavy (non-hydrogen) atoms. The summed E-state index contributed by atoms with van der Waals surface area (Å²) >= 11 is 0. The summed E-state index contributed by atoms with van der Waals surface area (Å²) in [6, 6.07) is 10.9. The Kier molecular flexibility index (Phi) is 5.20. The Hall–Kier alpha value is -0.747. The number of benzene rings is 2. The van der Waals surface area contributed by atoms with Gasteiger partial charge in [0.15, 0.2) is 0 Å². The van der Waals surface area contributed by atoms with Crippen LogP contribution in [0.3, 0.4) is 0 Å². The van der Waals surface area contributed by atoms with Crippen LogP contribution in [0.25, 0.3) is 0 Å². The summed E-state index contributed by atoms with van der Waals surface area (Å²) in [5.74, 6) is 0.0235. The van der Waals surface area contributed by atoms with Crippen molar-refractivity contribution >= 4 is 40.5 Å². The molecule has 0 amide bonds. The summed E-state index contributed by atoms with van der Waals surface area (Å²) in [6.07, 6.45) is 0.458. The van der Waals surface area contributed by atoms with Crippen molar-refractivity contribution in [2.24, 2.45) is 0 Å². The molecular weight excluding hydrogens is 395 g/mol. The van der Waals surface area contributed by atoms with Crippen molar-refractivity contribution in [2.75, 3.05) is 0 Å². The number of phenols is 3. The Morgan fingerprint density at radius 3 is 1.81 bits per heavy atom. The standard InChI is InChI=1S/C14H13Cl3GeO3/c15-18(16,17)14(5-9-1-3-11(19)4-2-9)10-6-12(20)8-13(21)7-10/h1-4,6-8,14,19-21H,5H2. The molecule has 0 bridgehead atoms. The quantitative estimate of drug-likeness (QED) is 0.661. The fraction of sp³-hybridized carbons (Fsp3) is 0.143. The number of phenolic OH excluding ortho intramolecular Hbond substituents is 3. The Labute approximate surface area is 137 Å². The second-order valence-corrected chi connectivity index (χ2v) is 20.8. The van der Waals surface area contributed by atoms with Gasteiger partial charge in [0.05, 0.1) is 0 Å². The molecule has 1 atom stereocenters. The van der Waals surface area contributed by atoms with Crippen molar-refractivity contribution in [1.29, 1.82) is 0 Å². The average molecular weight is 408 g/mol. The Morgan fingerprint density at radius 1 is 0.810 bits per heavy atom. The van der Waals surface area contributed by atoms with E-state index in [9.17, 15) is 15.3 Å². The fourth-order valence-corrected chi connectivity index (χ4v) is 7.40. The normalized spacial score (nSPS) is 13.1. The van der Waals surface area contributed by atoms with E-state index in [1.807, 2.05) is 0 Å². The summed E-state index contributed by atoms with van der Waals surface area (Å²) in [6.45, 7) is 0. The molecule has 0 saturated heterocycles. The molecule has 0 spiro atoms. The van der Waals surface area contributed by atoms with Gasteiger partial charge in [0.25, 0.3) is 0 Å². The molecule has 0 saturated carbocycles. The average Bonchev–Trinajstić information content (AvgIpc) is 2.35. The van der Waals surface area contributed by atoms with Crippen molar-refractivity contribution in [3.8, 4) is 17.2 Å². The second kappa shape index (κ2) is 6.57. The van der Waals surface area contributed by atoms with Crippen LogP contribution in [0.1, 0.15) is 15.9 Å². The van der Waals surface area contributed by atoms with Gasteiger partial charge in [0.1, 0.15) is 0 Å². The Bertz CT molecular complexity index is 606. The van der Waals surface area contributed by atoms with Gasteiger partial charge in [-0.05, 0) is 0 Å². The van der Waals surface area contributed by atoms with Crippen molar-refractivity contribution < 1.29 is 15.3 Å². The summed E-state index contributed by atoms with van der Waals surface area (Å²) in [5.41, 5.74) is 1.50. The first kappa shape index (κ1) is 16.6. The molecule has 0 aliphatic heterocycles. The zero-order valence-electron chi connectivity index (χ0n) is 10.8. The van der Waals surface area contributed by atoms with Gasteiger partial charge in [-0.15, -0.1) is 0 Å². The third kappa shape index (κ3) is 4.61. The SMILES string of the molecule is Oc1ccc(C[CH](c2cc(O)cc(O)c2)[Ge]([Cl])([Cl])[Cl])cc1. The molecule has 0 radical (unpaired) electrons. The third-order valence-corrected chi connectivity index (χ3v) is 9.99. The van der Waals surface area contributed by atoms with Gasteiger partial charge in [-0.3, -0.25) is 0 Å². The topological polar surface area (TPSA) is 60.7 Å². The molecule has 3 N–H and O–H groups in total. The van der Waals surface area contributed by atoms with Gasteiger partial charge in [-0.25, -0.2) is 0 Å². The number of aromatic hydroxyl groups is 3. The van der Waals surface area contributed by atoms with E-state index in [-0.39, 0.29) is 22.0 Å². The van der Waals surface area contributed by atoms with E-state index in [2.05, 4.69) is 0 Å². The van der Waals surface area contributed by atoms with Gasteiger partial charge < -0.3 is 0 Å². The first-order valence-electron chi connectivity index (χ1n) is 6.13. The van der Waals surface area contributed by atoms with Crippen LogP contribution in [0.4, 0.5) is 0 Å². The molecule has 2 aromatic carbocycles.